The van der Waals surface area contributed by atoms with Crippen LogP contribution in [-0.2, 0) is 14.4 Å². The lowest BCUT2D eigenvalue weighted by Gasteiger charge is -2.44. The van der Waals surface area contributed by atoms with Crippen LogP contribution >= 0.6 is 11.6 Å². The number of benzene rings is 3. The summed E-state index contributed by atoms with van der Waals surface area (Å²) in [5.41, 5.74) is -0.499. The highest BCUT2D eigenvalue weighted by molar-refractivity contribution is 6.30. The molecule has 38 heavy (non-hydrogen) atoms. The van der Waals surface area contributed by atoms with Crippen molar-refractivity contribution in [3.63, 3.8) is 0 Å². The van der Waals surface area contributed by atoms with Gasteiger partial charge in [-0.3, -0.25) is 14.4 Å². The minimum atomic E-state index is -1.75. The maximum Gasteiger partial charge on any atom is 0.235 e. The fourth-order valence-corrected chi connectivity index (χ4v) is 5.32. The molecule has 3 aromatic carbocycles. The first-order chi connectivity index (χ1) is 18.2. The fraction of sp³-hybridized carbons (Fsp3) is 0.276. The molecule has 0 spiro atoms. The number of hydrogen-bond acceptors (Lipinski definition) is 6. The first kappa shape index (κ1) is 27.2. The van der Waals surface area contributed by atoms with Gasteiger partial charge in [0.2, 0.25) is 11.8 Å². The Bertz CT molecular complexity index is 1360. The molecule has 1 aliphatic rings. The summed E-state index contributed by atoms with van der Waals surface area (Å²) in [7, 11) is 2.95. The van der Waals surface area contributed by atoms with Gasteiger partial charge in [0.15, 0.2) is 0 Å². The van der Waals surface area contributed by atoms with Crippen LogP contribution < -0.4 is 20.1 Å². The van der Waals surface area contributed by atoms with Crippen molar-refractivity contribution in [3.8, 4) is 11.5 Å². The molecule has 0 aromatic heterocycles. The summed E-state index contributed by atoms with van der Waals surface area (Å²) < 4.78 is 10.7. The predicted octanol–water partition coefficient (Wildman–Crippen LogP) is 4.67. The number of aliphatic hydroxyl groups is 1. The molecule has 4 atom stereocenters. The topological polar surface area (TPSA) is 114 Å². The molecule has 0 radical (unpaired) electrons. The summed E-state index contributed by atoms with van der Waals surface area (Å²) in [4.78, 5) is 41.0. The fourth-order valence-electron chi connectivity index (χ4n) is 5.12. The molecule has 4 rings (SSSR count). The maximum atomic E-state index is 13.8. The van der Waals surface area contributed by atoms with E-state index in [0.717, 1.165) is 0 Å². The van der Waals surface area contributed by atoms with E-state index in [-0.39, 0.29) is 0 Å². The lowest BCUT2D eigenvalue weighted by atomic mass is 9.61. The van der Waals surface area contributed by atoms with E-state index < -0.39 is 47.4 Å². The van der Waals surface area contributed by atoms with Crippen molar-refractivity contribution in [3.05, 3.63) is 83.4 Å². The molecular formula is C29H29ClN2O6. The molecule has 0 heterocycles. The number of anilines is 2. The number of nitrogens with one attached hydrogen (secondary N) is 2. The van der Waals surface area contributed by atoms with Gasteiger partial charge in [-0.2, -0.15) is 0 Å². The smallest absolute Gasteiger partial charge is 0.235 e. The number of Topliss-reactive ketones (excluding diaryl/α,β-unsaturated/α-hetero) is 1. The van der Waals surface area contributed by atoms with Crippen LogP contribution in [0.2, 0.25) is 5.02 Å². The Kier molecular flexibility index (Phi) is 8.04. The number of ether oxygens (including phenoxy) is 2. The van der Waals surface area contributed by atoms with E-state index in [1.807, 2.05) is 0 Å². The second kappa shape index (κ2) is 11.2. The van der Waals surface area contributed by atoms with Crippen molar-refractivity contribution >= 4 is 40.6 Å². The minimum Gasteiger partial charge on any atom is -0.495 e. The van der Waals surface area contributed by atoms with Crippen LogP contribution in [0, 0.1) is 11.8 Å². The van der Waals surface area contributed by atoms with Crippen molar-refractivity contribution in [1.82, 2.24) is 0 Å². The van der Waals surface area contributed by atoms with Gasteiger partial charge in [-0.25, -0.2) is 0 Å². The quantitative estimate of drug-likeness (QED) is 0.378. The predicted molar refractivity (Wildman–Crippen MR) is 145 cm³/mol. The molecule has 8 nitrogen and oxygen atoms in total. The highest BCUT2D eigenvalue weighted by atomic mass is 35.5. The number of carbonyl (C=O) groups is 3. The first-order valence-corrected chi connectivity index (χ1v) is 12.4. The maximum absolute atomic E-state index is 13.8. The Morgan fingerprint density at radius 2 is 1.45 bits per heavy atom. The number of ketones is 1. The third-order valence-corrected chi connectivity index (χ3v) is 7.03. The Hall–Kier alpha value is -3.88. The van der Waals surface area contributed by atoms with Gasteiger partial charge in [0.25, 0.3) is 0 Å². The number of halogens is 1. The lowest BCUT2D eigenvalue weighted by molar-refractivity contribution is -0.150. The molecular weight excluding hydrogens is 508 g/mol. The van der Waals surface area contributed by atoms with Crippen LogP contribution in [-0.4, -0.2) is 42.5 Å². The number of hydrogen-bond donors (Lipinski definition) is 3. The van der Waals surface area contributed by atoms with Crippen molar-refractivity contribution in [2.45, 2.75) is 24.9 Å². The van der Waals surface area contributed by atoms with Crippen LogP contribution in [0.3, 0.4) is 0 Å². The first-order valence-electron chi connectivity index (χ1n) is 12.0. The van der Waals surface area contributed by atoms with Gasteiger partial charge in [0, 0.05) is 17.4 Å². The molecule has 4 unspecified atom stereocenters. The number of rotatable bonds is 7. The van der Waals surface area contributed by atoms with E-state index >= 15 is 0 Å². The third-order valence-electron chi connectivity index (χ3n) is 6.80. The van der Waals surface area contributed by atoms with Crippen LogP contribution in [0.15, 0.2) is 72.8 Å². The zero-order valence-electron chi connectivity index (χ0n) is 21.2. The Balaban J connectivity index is 1.79. The number of methoxy groups -OCH3 is 2. The van der Waals surface area contributed by atoms with Gasteiger partial charge in [-0.1, -0.05) is 48.0 Å². The Morgan fingerprint density at radius 3 is 2.00 bits per heavy atom. The SMILES string of the molecule is COc1ccccc1NC(=O)C1C(=O)CC(C)(O)C(C(=O)Nc2ccccc2OC)C1c1cccc(Cl)c1. The highest BCUT2D eigenvalue weighted by Crippen LogP contribution is 2.47. The molecule has 2 amide bonds. The third kappa shape index (κ3) is 5.51. The zero-order valence-corrected chi connectivity index (χ0v) is 22.0. The Morgan fingerprint density at radius 1 is 0.895 bits per heavy atom. The molecule has 9 heteroatoms. The summed E-state index contributed by atoms with van der Waals surface area (Å²) in [6, 6.07) is 20.3. The summed E-state index contributed by atoms with van der Waals surface area (Å²) in [6.45, 7) is 1.43. The standard InChI is InChI=1S/C29H29ClN2O6/c1-29(36)16-21(33)25(27(34)31-19-11-4-6-13-22(19)37-2)24(17-9-8-10-18(30)15-17)26(29)28(35)32-20-12-5-7-14-23(20)38-3/h4-15,24-26,36H,16H2,1-3H3,(H,31,34)(H,32,35). The molecule has 198 valence electrons. The molecule has 1 fully saturated rings. The second-order valence-electron chi connectivity index (χ2n) is 9.42. The summed E-state index contributed by atoms with van der Waals surface area (Å²) in [5.74, 6) is -4.31. The van der Waals surface area contributed by atoms with Crippen molar-refractivity contribution in [1.29, 1.82) is 0 Å². The minimum absolute atomic E-state index is 0.368. The second-order valence-corrected chi connectivity index (χ2v) is 9.85. The van der Waals surface area contributed by atoms with Crippen LogP contribution in [0.25, 0.3) is 0 Å². The van der Waals surface area contributed by atoms with Crippen molar-refractivity contribution < 1.29 is 29.0 Å². The molecule has 0 saturated heterocycles. The van der Waals surface area contributed by atoms with Crippen LogP contribution in [0.5, 0.6) is 11.5 Å². The van der Waals surface area contributed by atoms with E-state index in [1.165, 1.54) is 21.1 Å². The van der Waals surface area contributed by atoms with Crippen LogP contribution in [0.1, 0.15) is 24.8 Å². The number of amides is 2. The highest BCUT2D eigenvalue weighted by Gasteiger charge is 2.56. The summed E-state index contributed by atoms with van der Waals surface area (Å²) in [6.07, 6.45) is -0.391. The van der Waals surface area contributed by atoms with Gasteiger partial charge in [0.1, 0.15) is 23.2 Å². The normalized spacial score (nSPS) is 22.9. The average Bonchev–Trinajstić information content (AvgIpc) is 2.88. The van der Waals surface area contributed by atoms with E-state index in [2.05, 4.69) is 10.6 Å². The van der Waals surface area contributed by atoms with E-state index in [1.54, 1.807) is 72.8 Å². The largest absolute Gasteiger partial charge is 0.495 e. The van der Waals surface area contributed by atoms with Crippen molar-refractivity contribution in [2.75, 3.05) is 24.9 Å². The van der Waals surface area contributed by atoms with E-state index in [0.29, 0.717) is 33.5 Å². The molecule has 0 aliphatic heterocycles. The van der Waals surface area contributed by atoms with Gasteiger partial charge in [-0.15, -0.1) is 0 Å². The van der Waals surface area contributed by atoms with Crippen LogP contribution in [0.4, 0.5) is 11.4 Å². The van der Waals surface area contributed by atoms with Crippen molar-refractivity contribution in [2.24, 2.45) is 11.8 Å². The average molecular weight is 537 g/mol. The zero-order chi connectivity index (χ0) is 27.4. The van der Waals surface area contributed by atoms with Gasteiger partial charge < -0.3 is 25.2 Å². The summed E-state index contributed by atoms with van der Waals surface area (Å²) >= 11 is 6.28. The lowest BCUT2D eigenvalue weighted by Crippen LogP contribution is -2.56. The summed E-state index contributed by atoms with van der Waals surface area (Å²) in [5, 5.41) is 17.4. The Labute approximate surface area is 225 Å². The van der Waals surface area contributed by atoms with E-state index in [9.17, 15) is 19.5 Å². The van der Waals surface area contributed by atoms with Gasteiger partial charge in [-0.05, 0) is 48.9 Å². The molecule has 3 aromatic rings. The molecule has 1 saturated carbocycles. The molecule has 3 N–H and O–H groups in total. The molecule has 0 bridgehead atoms. The number of carbonyl (C=O) groups excluding carboxylic acids is 3. The van der Waals surface area contributed by atoms with E-state index in [4.69, 9.17) is 21.1 Å². The number of para-hydroxylation sites is 4. The van der Waals surface area contributed by atoms with Gasteiger partial charge >= 0.3 is 0 Å². The monoisotopic (exact) mass is 536 g/mol. The molecule has 1 aliphatic carbocycles. The van der Waals surface area contributed by atoms with Gasteiger partial charge in [0.05, 0.1) is 37.1 Å².